The normalized spacial score (nSPS) is 24.0. The van der Waals surface area contributed by atoms with E-state index in [0.717, 1.165) is 25.4 Å². The molecule has 0 unspecified atom stereocenters. The van der Waals surface area contributed by atoms with E-state index in [1.807, 2.05) is 4.90 Å². The Kier molecular flexibility index (Phi) is 8.20. The van der Waals surface area contributed by atoms with Crippen molar-refractivity contribution in [1.82, 2.24) is 14.9 Å². The quantitative estimate of drug-likeness (QED) is 0.669. The summed E-state index contributed by atoms with van der Waals surface area (Å²) in [4.78, 5) is 21.3. The molecule has 2 aliphatic rings. The average Bonchev–Trinajstić information content (AvgIpc) is 2.89. The van der Waals surface area contributed by atoms with E-state index in [1.54, 1.807) is 0 Å². The van der Waals surface area contributed by atoms with Gasteiger partial charge in [-0.25, -0.2) is 27.6 Å². The second-order valence-corrected chi connectivity index (χ2v) is 10.3. The minimum absolute atomic E-state index is 0.0524. The highest BCUT2D eigenvalue weighted by molar-refractivity contribution is 7.92. The molecule has 1 aromatic rings. The summed E-state index contributed by atoms with van der Waals surface area (Å²) in [6.07, 6.45) is -1.44. The van der Waals surface area contributed by atoms with Crippen molar-refractivity contribution in [3.8, 4) is 0 Å². The lowest BCUT2D eigenvalue weighted by Gasteiger charge is -2.40. The van der Waals surface area contributed by atoms with Crippen molar-refractivity contribution in [1.29, 1.82) is 0 Å². The smallest absolute Gasteiger partial charge is 0.475 e. The Morgan fingerprint density at radius 3 is 2.26 bits per heavy atom. The second-order valence-electron chi connectivity index (χ2n) is 7.93. The molecule has 0 amide bonds. The van der Waals surface area contributed by atoms with E-state index in [4.69, 9.17) is 9.90 Å². The first-order valence-corrected chi connectivity index (χ1v) is 11.5. The Morgan fingerprint density at radius 2 is 1.74 bits per heavy atom. The van der Waals surface area contributed by atoms with E-state index >= 15 is 0 Å². The summed E-state index contributed by atoms with van der Waals surface area (Å²) in [5.41, 5.74) is 0. The van der Waals surface area contributed by atoms with E-state index < -0.39 is 27.8 Å². The first-order chi connectivity index (χ1) is 14.3. The van der Waals surface area contributed by atoms with Crippen LogP contribution in [-0.4, -0.2) is 83.8 Å². The van der Waals surface area contributed by atoms with Crippen molar-refractivity contribution in [3.63, 3.8) is 0 Å². The lowest BCUT2D eigenvalue weighted by Crippen LogP contribution is -2.55. The summed E-state index contributed by atoms with van der Waals surface area (Å²) in [7, 11) is -3.06. The number of alkyl halides is 3. The number of carbonyl (C=O) groups is 1. The van der Waals surface area contributed by atoms with Gasteiger partial charge < -0.3 is 10.0 Å². The number of anilines is 1. The molecule has 3 rings (SSSR count). The van der Waals surface area contributed by atoms with E-state index in [2.05, 4.69) is 28.7 Å². The van der Waals surface area contributed by atoms with Crippen LogP contribution >= 0.6 is 0 Å². The maximum Gasteiger partial charge on any atom is 0.490 e. The summed E-state index contributed by atoms with van der Waals surface area (Å²) in [5, 5.41) is 6.80. The van der Waals surface area contributed by atoms with Gasteiger partial charge in [0.15, 0.2) is 15.7 Å². The van der Waals surface area contributed by atoms with Crippen LogP contribution in [-0.2, 0) is 14.6 Å². The van der Waals surface area contributed by atoms with Gasteiger partial charge in [-0.2, -0.15) is 13.2 Å². The molecule has 31 heavy (non-hydrogen) atoms. The minimum atomic E-state index is -5.08. The summed E-state index contributed by atoms with van der Waals surface area (Å²) >= 11 is 0. The third kappa shape index (κ3) is 6.99. The maximum atomic E-state index is 13.0. The Balaban J connectivity index is 0.000000423. The van der Waals surface area contributed by atoms with Crippen LogP contribution in [0.3, 0.4) is 0 Å². The van der Waals surface area contributed by atoms with Crippen LogP contribution in [0.2, 0.25) is 0 Å². The molecule has 176 valence electrons. The molecule has 0 aromatic carbocycles. The number of aromatic nitrogens is 2. The van der Waals surface area contributed by atoms with E-state index in [1.165, 1.54) is 0 Å². The van der Waals surface area contributed by atoms with E-state index in [0.29, 0.717) is 37.9 Å². The SMILES string of the molecule is CC(C)CN1CCS(=O)(=O)[C@@H]2CCN(c3ncc(F)cn3)CC[C@@H]21.O=C(O)C(F)(F)F. The highest BCUT2D eigenvalue weighted by Crippen LogP contribution is 2.29. The fourth-order valence-corrected chi connectivity index (χ4v) is 5.87. The van der Waals surface area contributed by atoms with Gasteiger partial charge in [-0.15, -0.1) is 0 Å². The van der Waals surface area contributed by atoms with Crippen LogP contribution in [0.25, 0.3) is 0 Å². The van der Waals surface area contributed by atoms with Crippen LogP contribution in [0.15, 0.2) is 12.4 Å². The summed E-state index contributed by atoms with van der Waals surface area (Å²) in [5.74, 6) is -2.00. The molecule has 1 N–H and O–H groups in total. The van der Waals surface area contributed by atoms with Gasteiger partial charge in [-0.05, 0) is 18.8 Å². The van der Waals surface area contributed by atoms with Crippen LogP contribution in [0.4, 0.5) is 23.5 Å². The zero-order chi connectivity index (χ0) is 23.4. The number of halogens is 4. The van der Waals surface area contributed by atoms with Crippen LogP contribution in [0, 0.1) is 11.7 Å². The van der Waals surface area contributed by atoms with Crippen molar-refractivity contribution in [2.75, 3.05) is 36.8 Å². The van der Waals surface area contributed by atoms with Gasteiger partial charge in [0.05, 0.1) is 23.4 Å². The summed E-state index contributed by atoms with van der Waals surface area (Å²) in [6, 6.07) is 0.0524. The fourth-order valence-electron chi connectivity index (χ4n) is 3.82. The van der Waals surface area contributed by atoms with Gasteiger partial charge >= 0.3 is 12.1 Å². The molecule has 8 nitrogen and oxygen atoms in total. The number of hydrogen-bond acceptors (Lipinski definition) is 7. The molecular weight excluding hydrogens is 444 g/mol. The summed E-state index contributed by atoms with van der Waals surface area (Å²) in [6.45, 7) is 7.14. The van der Waals surface area contributed by atoms with Crippen molar-refractivity contribution in [2.45, 2.75) is 44.2 Å². The number of nitrogens with zero attached hydrogens (tertiary/aromatic N) is 4. The monoisotopic (exact) mass is 470 g/mol. The molecule has 1 aromatic heterocycles. The molecule has 0 saturated carbocycles. The lowest BCUT2D eigenvalue weighted by molar-refractivity contribution is -0.192. The van der Waals surface area contributed by atoms with Gasteiger partial charge in [0.2, 0.25) is 5.95 Å². The standard InChI is InChI=1S/C16H25FN4O2S.C2HF3O2/c1-12(2)11-21-7-8-24(22,23)15-4-6-20(5-3-14(15)21)16-18-9-13(17)10-19-16;3-2(4,5)1(6)7/h9-10,12,14-15H,3-8,11H2,1-2H3;(H,6,7)/t14-,15+;/m0./s1. The Bertz CT molecular complexity index is 849. The second kappa shape index (κ2) is 10.1. The van der Waals surface area contributed by atoms with Gasteiger partial charge in [0.25, 0.3) is 0 Å². The lowest BCUT2D eigenvalue weighted by atomic mass is 10.0. The Labute approximate surface area is 178 Å². The summed E-state index contributed by atoms with van der Waals surface area (Å²) < 4.78 is 69.9. The van der Waals surface area contributed by atoms with Crippen molar-refractivity contribution in [2.24, 2.45) is 5.92 Å². The first kappa shape index (κ1) is 25.2. The molecule has 0 radical (unpaired) electrons. The number of rotatable bonds is 3. The number of hydrogen-bond donors (Lipinski definition) is 1. The molecule has 0 bridgehead atoms. The van der Waals surface area contributed by atoms with Crippen LogP contribution < -0.4 is 4.90 Å². The highest BCUT2D eigenvalue weighted by atomic mass is 32.2. The Hall–Kier alpha value is -2.02. The molecule has 13 heteroatoms. The largest absolute Gasteiger partial charge is 0.490 e. The first-order valence-electron chi connectivity index (χ1n) is 9.79. The Morgan fingerprint density at radius 1 is 1.19 bits per heavy atom. The third-order valence-corrected chi connectivity index (χ3v) is 7.36. The minimum Gasteiger partial charge on any atom is -0.475 e. The number of carboxylic acid groups (broad SMARTS) is 1. The van der Waals surface area contributed by atoms with Crippen molar-refractivity contribution < 1.29 is 35.9 Å². The van der Waals surface area contributed by atoms with Gasteiger partial charge in [-0.1, -0.05) is 13.8 Å². The predicted molar refractivity (Wildman–Crippen MR) is 105 cm³/mol. The van der Waals surface area contributed by atoms with Crippen molar-refractivity contribution >= 4 is 21.8 Å². The van der Waals surface area contributed by atoms with Gasteiger partial charge in [-0.3, -0.25) is 4.90 Å². The van der Waals surface area contributed by atoms with Crippen LogP contribution in [0.5, 0.6) is 0 Å². The molecule has 0 spiro atoms. The topological polar surface area (TPSA) is 104 Å². The third-order valence-electron chi connectivity index (χ3n) is 5.13. The van der Waals surface area contributed by atoms with Gasteiger partial charge in [0.1, 0.15) is 0 Å². The predicted octanol–water partition coefficient (Wildman–Crippen LogP) is 1.97. The zero-order valence-corrected chi connectivity index (χ0v) is 18.0. The van der Waals surface area contributed by atoms with E-state index in [9.17, 15) is 26.0 Å². The molecule has 2 saturated heterocycles. The fraction of sp³-hybridized carbons (Fsp3) is 0.722. The molecule has 0 aliphatic carbocycles. The number of carboxylic acids is 1. The molecule has 2 fully saturated rings. The molecule has 3 heterocycles. The molecule has 2 atom stereocenters. The number of fused-ring (bicyclic) bond motifs is 1. The van der Waals surface area contributed by atoms with Gasteiger partial charge in [0, 0.05) is 32.2 Å². The highest BCUT2D eigenvalue weighted by Gasteiger charge is 2.43. The number of sulfone groups is 1. The molecular formula is C18H26F4N4O4S. The number of aliphatic carboxylic acids is 1. The van der Waals surface area contributed by atoms with Crippen molar-refractivity contribution in [3.05, 3.63) is 18.2 Å². The zero-order valence-electron chi connectivity index (χ0n) is 17.2. The average molecular weight is 470 g/mol. The van der Waals surface area contributed by atoms with E-state index in [-0.39, 0.29) is 17.0 Å². The maximum absolute atomic E-state index is 13.0. The van der Waals surface area contributed by atoms with Crippen LogP contribution in [0.1, 0.15) is 26.7 Å². The molecule has 2 aliphatic heterocycles.